The normalized spacial score (nSPS) is 28.3. The molecule has 0 radical (unpaired) electrons. The molecule has 0 spiro atoms. The molecule has 0 saturated carbocycles. The first-order valence-corrected chi connectivity index (χ1v) is 9.43. The summed E-state index contributed by atoms with van der Waals surface area (Å²) in [6.45, 7) is 2.92. The number of sulfone groups is 1. The highest BCUT2D eigenvalue weighted by Crippen LogP contribution is 2.40. The second-order valence-corrected chi connectivity index (χ2v) is 8.21. The first-order chi connectivity index (χ1) is 10.5. The number of thiocarbonyl (C=S) groups is 1. The molecule has 0 bridgehead atoms. The van der Waals surface area contributed by atoms with Crippen LogP contribution in [0.1, 0.15) is 6.92 Å². The summed E-state index contributed by atoms with van der Waals surface area (Å²) in [5.41, 5.74) is 0.859. The van der Waals surface area contributed by atoms with Crippen molar-refractivity contribution in [1.82, 2.24) is 4.90 Å². The molecule has 0 aliphatic carbocycles. The number of anilines is 1. The predicted octanol–water partition coefficient (Wildman–Crippen LogP) is 1.01. The molecule has 8 heteroatoms. The smallest absolute Gasteiger partial charge is 0.231 e. The minimum Gasteiger partial charge on any atom is -0.454 e. The van der Waals surface area contributed by atoms with Gasteiger partial charge in [0.05, 0.1) is 23.6 Å². The van der Waals surface area contributed by atoms with Crippen molar-refractivity contribution in [3.8, 4) is 11.5 Å². The summed E-state index contributed by atoms with van der Waals surface area (Å²) in [6, 6.07) is 5.43. The maximum absolute atomic E-state index is 12.0. The van der Waals surface area contributed by atoms with Crippen molar-refractivity contribution >= 4 is 32.9 Å². The molecular formula is C14H16N2O4S2. The fourth-order valence-corrected chi connectivity index (χ4v) is 5.94. The fraction of sp³-hybridized carbons (Fsp3) is 0.500. The molecule has 0 N–H and O–H groups in total. The molecule has 2 fully saturated rings. The van der Waals surface area contributed by atoms with E-state index in [0.717, 1.165) is 5.69 Å². The lowest BCUT2D eigenvalue weighted by atomic mass is 10.1. The predicted molar refractivity (Wildman–Crippen MR) is 86.3 cm³/mol. The van der Waals surface area contributed by atoms with Gasteiger partial charge in [-0.1, -0.05) is 0 Å². The van der Waals surface area contributed by atoms with Crippen LogP contribution < -0.4 is 14.4 Å². The van der Waals surface area contributed by atoms with Crippen molar-refractivity contribution < 1.29 is 17.9 Å². The highest BCUT2D eigenvalue weighted by molar-refractivity contribution is 7.91. The van der Waals surface area contributed by atoms with Crippen LogP contribution >= 0.6 is 12.2 Å². The van der Waals surface area contributed by atoms with E-state index in [-0.39, 0.29) is 30.4 Å². The van der Waals surface area contributed by atoms with Gasteiger partial charge in [0.2, 0.25) is 6.79 Å². The quantitative estimate of drug-likeness (QED) is 0.745. The SMILES string of the molecule is CCN1C(=S)N(c2ccc3c(c2)OCO3)[C@H]2CS(=O)(=O)C[C@@H]21. The van der Waals surface area contributed by atoms with Crippen LogP contribution in [0.4, 0.5) is 5.69 Å². The minimum atomic E-state index is -3.02. The van der Waals surface area contributed by atoms with E-state index in [1.807, 2.05) is 34.9 Å². The van der Waals surface area contributed by atoms with E-state index in [0.29, 0.717) is 23.2 Å². The molecule has 1 aromatic carbocycles. The maximum atomic E-state index is 12.0. The van der Waals surface area contributed by atoms with Gasteiger partial charge in [-0.2, -0.15) is 0 Å². The zero-order chi connectivity index (χ0) is 15.5. The van der Waals surface area contributed by atoms with Gasteiger partial charge in [-0.15, -0.1) is 0 Å². The average molecular weight is 340 g/mol. The van der Waals surface area contributed by atoms with Crippen LogP contribution in [0.2, 0.25) is 0 Å². The summed E-state index contributed by atoms with van der Waals surface area (Å²) in [6.07, 6.45) is 0. The third kappa shape index (κ3) is 1.97. The molecule has 3 aliphatic heterocycles. The van der Waals surface area contributed by atoms with Crippen LogP contribution in [0.25, 0.3) is 0 Å². The van der Waals surface area contributed by atoms with Crippen molar-refractivity contribution in [1.29, 1.82) is 0 Å². The Kier molecular flexibility index (Phi) is 3.02. The highest BCUT2D eigenvalue weighted by Gasteiger charge is 2.51. The Morgan fingerprint density at radius 2 is 1.95 bits per heavy atom. The highest BCUT2D eigenvalue weighted by atomic mass is 32.2. The zero-order valence-corrected chi connectivity index (χ0v) is 13.7. The number of hydrogen-bond donors (Lipinski definition) is 0. The third-order valence-corrected chi connectivity index (χ3v) is 6.58. The van der Waals surface area contributed by atoms with Crippen LogP contribution in [0.5, 0.6) is 11.5 Å². The van der Waals surface area contributed by atoms with Gasteiger partial charge in [-0.25, -0.2) is 8.42 Å². The van der Waals surface area contributed by atoms with Gasteiger partial charge in [-0.05, 0) is 31.3 Å². The van der Waals surface area contributed by atoms with Crippen LogP contribution in [0.3, 0.4) is 0 Å². The third-order valence-electron chi connectivity index (χ3n) is 4.45. The van der Waals surface area contributed by atoms with E-state index >= 15 is 0 Å². The molecule has 22 heavy (non-hydrogen) atoms. The monoisotopic (exact) mass is 340 g/mol. The fourth-order valence-electron chi connectivity index (χ4n) is 3.48. The number of benzene rings is 1. The zero-order valence-electron chi connectivity index (χ0n) is 12.1. The minimum absolute atomic E-state index is 0.0621. The summed E-state index contributed by atoms with van der Waals surface area (Å²) in [7, 11) is -3.02. The molecule has 0 aromatic heterocycles. The first-order valence-electron chi connectivity index (χ1n) is 7.20. The number of likely N-dealkylation sites (N-methyl/N-ethyl adjacent to an activating group) is 1. The van der Waals surface area contributed by atoms with Gasteiger partial charge in [0, 0.05) is 18.3 Å². The van der Waals surface area contributed by atoms with E-state index in [2.05, 4.69) is 0 Å². The van der Waals surface area contributed by atoms with Crippen molar-refractivity contribution in [2.45, 2.75) is 19.0 Å². The van der Waals surface area contributed by atoms with Crippen molar-refractivity contribution in [3.05, 3.63) is 18.2 Å². The number of hydrogen-bond acceptors (Lipinski definition) is 5. The summed E-state index contributed by atoms with van der Waals surface area (Å²) in [4.78, 5) is 3.96. The first kappa shape index (κ1) is 14.1. The average Bonchev–Trinajstić information content (AvgIpc) is 3.09. The molecule has 2 atom stereocenters. The van der Waals surface area contributed by atoms with E-state index in [1.54, 1.807) is 0 Å². The Morgan fingerprint density at radius 1 is 1.23 bits per heavy atom. The second-order valence-electron chi connectivity index (χ2n) is 5.69. The lowest BCUT2D eigenvalue weighted by Gasteiger charge is -2.25. The number of ether oxygens (including phenoxy) is 2. The topological polar surface area (TPSA) is 59.1 Å². The molecule has 1 aromatic rings. The van der Waals surface area contributed by atoms with Crippen molar-refractivity contribution in [2.75, 3.05) is 29.7 Å². The summed E-state index contributed by atoms with van der Waals surface area (Å²) < 4.78 is 34.8. The molecular weight excluding hydrogens is 324 g/mol. The Labute approximate surface area is 134 Å². The van der Waals surface area contributed by atoms with Crippen LogP contribution in [0.15, 0.2) is 18.2 Å². The van der Waals surface area contributed by atoms with E-state index in [9.17, 15) is 8.42 Å². The van der Waals surface area contributed by atoms with Gasteiger partial charge in [-0.3, -0.25) is 0 Å². The standard InChI is InChI=1S/C14H16N2O4S2/c1-2-15-10-6-22(17,18)7-11(10)16(14(15)21)9-3-4-12-13(5-9)20-8-19-12/h3-5,10-11H,2,6-8H2,1H3/t10-,11-/m0/s1. The van der Waals surface area contributed by atoms with Crippen molar-refractivity contribution in [3.63, 3.8) is 0 Å². The number of fused-ring (bicyclic) bond motifs is 2. The lowest BCUT2D eigenvalue weighted by molar-refractivity contribution is 0.174. The number of rotatable bonds is 2. The largest absolute Gasteiger partial charge is 0.454 e. The van der Waals surface area contributed by atoms with Gasteiger partial charge in [0.1, 0.15) is 0 Å². The Morgan fingerprint density at radius 3 is 2.73 bits per heavy atom. The molecule has 0 amide bonds. The van der Waals surface area contributed by atoms with E-state index < -0.39 is 9.84 Å². The van der Waals surface area contributed by atoms with Crippen LogP contribution in [0, 0.1) is 0 Å². The maximum Gasteiger partial charge on any atom is 0.231 e. The molecule has 4 rings (SSSR count). The lowest BCUT2D eigenvalue weighted by Crippen LogP contribution is -2.37. The molecule has 118 valence electrons. The van der Waals surface area contributed by atoms with Gasteiger partial charge in [0.25, 0.3) is 0 Å². The molecule has 3 aliphatic rings. The molecule has 6 nitrogen and oxygen atoms in total. The van der Waals surface area contributed by atoms with Gasteiger partial charge < -0.3 is 19.3 Å². The molecule has 3 heterocycles. The second kappa shape index (κ2) is 4.73. The van der Waals surface area contributed by atoms with Crippen molar-refractivity contribution in [2.24, 2.45) is 0 Å². The summed E-state index contributed by atoms with van der Waals surface area (Å²) >= 11 is 5.59. The summed E-state index contributed by atoms with van der Waals surface area (Å²) in [5.74, 6) is 1.69. The van der Waals surface area contributed by atoms with E-state index in [4.69, 9.17) is 21.7 Å². The Hall–Kier alpha value is -1.54. The number of nitrogens with zero attached hydrogens (tertiary/aromatic N) is 2. The Balaban J connectivity index is 1.75. The van der Waals surface area contributed by atoms with Gasteiger partial charge >= 0.3 is 0 Å². The Bertz CT molecular complexity index is 749. The van der Waals surface area contributed by atoms with Gasteiger partial charge in [0.15, 0.2) is 26.4 Å². The van der Waals surface area contributed by atoms with Crippen LogP contribution in [-0.2, 0) is 9.84 Å². The van der Waals surface area contributed by atoms with Crippen LogP contribution in [-0.4, -0.2) is 55.4 Å². The van der Waals surface area contributed by atoms with E-state index in [1.165, 1.54) is 0 Å². The molecule has 2 saturated heterocycles. The molecule has 0 unspecified atom stereocenters. The summed E-state index contributed by atoms with van der Waals surface area (Å²) in [5, 5.41) is 0.686.